The molecule has 9 heteroatoms. The fraction of sp³-hybridized carbons (Fsp3) is 0.346. The molecular weight excluding hydrogens is 452 g/mol. The van der Waals surface area contributed by atoms with Crippen molar-refractivity contribution in [3.63, 3.8) is 0 Å². The first-order chi connectivity index (χ1) is 17.0. The van der Waals surface area contributed by atoms with Crippen molar-refractivity contribution in [3.05, 3.63) is 77.4 Å². The number of pyridine rings is 1. The predicted molar refractivity (Wildman–Crippen MR) is 128 cm³/mol. The molecule has 2 aromatic heterocycles. The number of amides is 1. The van der Waals surface area contributed by atoms with Crippen LogP contribution in [0.25, 0.3) is 11.3 Å². The van der Waals surface area contributed by atoms with E-state index in [1.54, 1.807) is 23.7 Å². The van der Waals surface area contributed by atoms with Gasteiger partial charge >= 0.3 is 0 Å². The summed E-state index contributed by atoms with van der Waals surface area (Å²) in [6, 6.07) is 7.59. The van der Waals surface area contributed by atoms with Crippen molar-refractivity contribution < 1.29 is 18.3 Å². The van der Waals surface area contributed by atoms with E-state index < -0.39 is 11.7 Å². The number of hydrogen-bond donors (Lipinski definition) is 1. The lowest BCUT2D eigenvalue weighted by Gasteiger charge is -2.36. The smallest absolute Gasteiger partial charge is 0.259 e. The predicted octanol–water partition coefficient (Wildman–Crippen LogP) is 4.37. The standard InChI is InChI=1S/C26H27F2N5O2/c1-17-23(16-30-33(17)22-8-4-19(27)5-9-22)26(34)31-20-14-24(28)25(29-15-20)18-2-6-21(7-3-18)32-10-12-35-13-11-32/h2,4-5,8-9,14-16,21H,3,6-7,10-13H2,1H3,(H,31,34). The fourth-order valence-electron chi connectivity index (χ4n) is 4.73. The molecule has 1 fully saturated rings. The fourth-order valence-corrected chi connectivity index (χ4v) is 4.73. The van der Waals surface area contributed by atoms with Crippen LogP contribution in [0.15, 0.2) is 48.8 Å². The Morgan fingerprint density at radius 1 is 1.14 bits per heavy atom. The number of anilines is 1. The van der Waals surface area contributed by atoms with Gasteiger partial charge in [-0.25, -0.2) is 13.5 Å². The third-order valence-corrected chi connectivity index (χ3v) is 6.67. The van der Waals surface area contributed by atoms with Crippen LogP contribution in [-0.2, 0) is 4.74 Å². The molecule has 1 aliphatic carbocycles. The van der Waals surface area contributed by atoms with E-state index in [4.69, 9.17) is 4.74 Å². The van der Waals surface area contributed by atoms with Gasteiger partial charge in [0.1, 0.15) is 11.5 Å². The molecule has 1 saturated heterocycles. The summed E-state index contributed by atoms with van der Waals surface area (Å²) in [6.45, 7) is 5.16. The van der Waals surface area contributed by atoms with Crippen molar-refractivity contribution in [3.8, 4) is 5.69 Å². The quantitative estimate of drug-likeness (QED) is 0.588. The lowest BCUT2D eigenvalue weighted by atomic mass is 9.91. The summed E-state index contributed by atoms with van der Waals surface area (Å²) in [7, 11) is 0. The minimum atomic E-state index is -0.461. The monoisotopic (exact) mass is 479 g/mol. The second kappa shape index (κ2) is 10.1. The van der Waals surface area contributed by atoms with Crippen molar-refractivity contribution in [2.75, 3.05) is 31.6 Å². The number of rotatable bonds is 5. The van der Waals surface area contributed by atoms with Gasteiger partial charge in [-0.15, -0.1) is 0 Å². The third kappa shape index (κ3) is 5.01. The maximum Gasteiger partial charge on any atom is 0.259 e. The van der Waals surface area contributed by atoms with Gasteiger partial charge in [0.25, 0.3) is 5.91 Å². The molecule has 182 valence electrons. The molecule has 3 aromatic rings. The van der Waals surface area contributed by atoms with Crippen LogP contribution < -0.4 is 5.32 Å². The Balaban J connectivity index is 1.26. The average Bonchev–Trinajstić information content (AvgIpc) is 3.27. The maximum absolute atomic E-state index is 14.9. The maximum atomic E-state index is 14.9. The highest BCUT2D eigenvalue weighted by Gasteiger charge is 2.25. The highest BCUT2D eigenvalue weighted by atomic mass is 19.1. The molecule has 1 atom stereocenters. The largest absolute Gasteiger partial charge is 0.379 e. The van der Waals surface area contributed by atoms with E-state index in [1.807, 2.05) is 0 Å². The molecule has 1 aliphatic heterocycles. The van der Waals surface area contributed by atoms with Crippen LogP contribution in [0.3, 0.4) is 0 Å². The summed E-state index contributed by atoms with van der Waals surface area (Å²) in [6.07, 6.45) is 7.59. The minimum absolute atomic E-state index is 0.271. The van der Waals surface area contributed by atoms with Crippen LogP contribution in [0, 0.1) is 18.6 Å². The number of nitrogens with zero attached hydrogens (tertiary/aromatic N) is 4. The average molecular weight is 480 g/mol. The topological polar surface area (TPSA) is 72.3 Å². The van der Waals surface area contributed by atoms with Crippen LogP contribution in [0.4, 0.5) is 14.5 Å². The number of benzene rings is 1. The molecule has 2 aliphatic rings. The van der Waals surface area contributed by atoms with Crippen molar-refractivity contribution >= 4 is 17.2 Å². The van der Waals surface area contributed by atoms with Crippen molar-refractivity contribution in [1.82, 2.24) is 19.7 Å². The van der Waals surface area contributed by atoms with E-state index in [0.29, 0.717) is 28.7 Å². The van der Waals surface area contributed by atoms with Gasteiger partial charge in [0.2, 0.25) is 0 Å². The molecule has 7 nitrogen and oxygen atoms in total. The number of nitrogens with one attached hydrogen (secondary N) is 1. The summed E-state index contributed by atoms with van der Waals surface area (Å²) in [5, 5.41) is 6.94. The highest BCUT2D eigenvalue weighted by Crippen LogP contribution is 2.31. The normalized spacial score (nSPS) is 18.8. The van der Waals surface area contributed by atoms with Gasteiger partial charge < -0.3 is 10.1 Å². The van der Waals surface area contributed by atoms with Crippen molar-refractivity contribution in [1.29, 1.82) is 0 Å². The number of hydrogen-bond acceptors (Lipinski definition) is 5. The molecular formula is C26H27F2N5O2. The van der Waals surface area contributed by atoms with E-state index in [2.05, 4.69) is 26.4 Å². The SMILES string of the molecule is Cc1c(C(=O)Nc2cnc(C3=CCC(N4CCOCC4)CC3)c(F)c2)cnn1-c1ccc(F)cc1. The first kappa shape index (κ1) is 23.3. The summed E-state index contributed by atoms with van der Waals surface area (Å²) in [5.41, 5.74) is 3.07. The van der Waals surface area contributed by atoms with Gasteiger partial charge in [0.05, 0.1) is 48.2 Å². The first-order valence-corrected chi connectivity index (χ1v) is 11.8. The molecule has 1 N–H and O–H groups in total. The van der Waals surface area contributed by atoms with Crippen LogP contribution in [0.5, 0.6) is 0 Å². The van der Waals surface area contributed by atoms with Crippen LogP contribution in [0.2, 0.25) is 0 Å². The summed E-state index contributed by atoms with van der Waals surface area (Å²) in [5.74, 6) is -1.23. The lowest BCUT2D eigenvalue weighted by molar-refractivity contribution is 0.0150. The minimum Gasteiger partial charge on any atom is -0.379 e. The number of aromatic nitrogens is 3. The summed E-state index contributed by atoms with van der Waals surface area (Å²) in [4.78, 5) is 19.6. The van der Waals surface area contributed by atoms with Crippen LogP contribution in [0.1, 0.15) is 41.0 Å². The van der Waals surface area contributed by atoms with Crippen LogP contribution >= 0.6 is 0 Å². The molecule has 3 heterocycles. The van der Waals surface area contributed by atoms with Gasteiger partial charge in [-0.2, -0.15) is 5.10 Å². The zero-order valence-corrected chi connectivity index (χ0v) is 19.5. The van der Waals surface area contributed by atoms with Crippen molar-refractivity contribution in [2.45, 2.75) is 32.2 Å². The van der Waals surface area contributed by atoms with Gasteiger partial charge in [-0.3, -0.25) is 14.7 Å². The Morgan fingerprint density at radius 3 is 2.60 bits per heavy atom. The number of carbonyl (C=O) groups excluding carboxylic acids is 1. The number of morpholine rings is 1. The number of allylic oxidation sites excluding steroid dienone is 1. The van der Waals surface area contributed by atoms with Gasteiger partial charge in [-0.1, -0.05) is 6.08 Å². The number of halogens is 2. The molecule has 0 bridgehead atoms. The molecule has 1 unspecified atom stereocenters. The van der Waals surface area contributed by atoms with Crippen LogP contribution in [-0.4, -0.2) is 57.9 Å². The molecule has 0 radical (unpaired) electrons. The third-order valence-electron chi connectivity index (χ3n) is 6.67. The Kier molecular flexibility index (Phi) is 6.70. The number of carbonyl (C=O) groups is 1. The zero-order chi connectivity index (χ0) is 24.4. The van der Waals surface area contributed by atoms with E-state index in [0.717, 1.165) is 51.1 Å². The second-order valence-electron chi connectivity index (χ2n) is 8.85. The van der Waals surface area contributed by atoms with Crippen molar-refractivity contribution in [2.24, 2.45) is 0 Å². The lowest BCUT2D eigenvalue weighted by Crippen LogP contribution is -2.44. The highest BCUT2D eigenvalue weighted by molar-refractivity contribution is 6.04. The van der Waals surface area contributed by atoms with E-state index in [-0.39, 0.29) is 11.5 Å². The Morgan fingerprint density at radius 2 is 1.91 bits per heavy atom. The van der Waals surface area contributed by atoms with Gasteiger partial charge in [0.15, 0.2) is 5.82 Å². The Hall–Kier alpha value is -3.43. The second-order valence-corrected chi connectivity index (χ2v) is 8.85. The molecule has 1 amide bonds. The van der Waals surface area contributed by atoms with E-state index in [1.165, 1.54) is 30.6 Å². The van der Waals surface area contributed by atoms with E-state index >= 15 is 0 Å². The Bertz CT molecular complexity index is 1250. The molecule has 1 aromatic carbocycles. The Labute approximate surface area is 202 Å². The molecule has 35 heavy (non-hydrogen) atoms. The summed E-state index contributed by atoms with van der Waals surface area (Å²) < 4.78 is 35.1. The molecule has 0 saturated carbocycles. The van der Waals surface area contributed by atoms with E-state index in [9.17, 15) is 13.6 Å². The first-order valence-electron chi connectivity index (χ1n) is 11.8. The number of ether oxygens (including phenoxy) is 1. The van der Waals surface area contributed by atoms with Gasteiger partial charge in [-0.05, 0) is 56.0 Å². The zero-order valence-electron chi connectivity index (χ0n) is 19.5. The van der Waals surface area contributed by atoms with Gasteiger partial charge in [0, 0.05) is 25.2 Å². The molecule has 0 spiro atoms. The summed E-state index contributed by atoms with van der Waals surface area (Å²) >= 11 is 0. The molecule has 5 rings (SSSR count).